The molecule has 7 heteroatoms. The summed E-state index contributed by atoms with van der Waals surface area (Å²) in [5, 5.41) is 14.4. The number of fused-ring (bicyclic) bond motifs is 1. The van der Waals surface area contributed by atoms with Crippen LogP contribution in [-0.2, 0) is 6.54 Å². The molecule has 0 bridgehead atoms. The number of imidazole rings is 1. The maximum atomic E-state index is 4.83. The molecule has 148 valence electrons. The second-order valence-electron chi connectivity index (χ2n) is 7.53. The van der Waals surface area contributed by atoms with Crippen molar-refractivity contribution in [3.05, 3.63) is 78.2 Å². The van der Waals surface area contributed by atoms with E-state index in [4.69, 9.17) is 9.97 Å². The van der Waals surface area contributed by atoms with E-state index in [1.807, 2.05) is 42.6 Å². The Morgan fingerprint density at radius 2 is 1.73 bits per heavy atom. The van der Waals surface area contributed by atoms with Gasteiger partial charge in [-0.2, -0.15) is 5.21 Å². The zero-order chi connectivity index (χ0) is 20.5. The highest BCUT2D eigenvalue weighted by molar-refractivity contribution is 5.78. The summed E-state index contributed by atoms with van der Waals surface area (Å²) in [5.41, 5.74) is 6.04. The Morgan fingerprint density at radius 3 is 2.47 bits per heavy atom. The summed E-state index contributed by atoms with van der Waals surface area (Å²) in [6, 6.07) is 20.4. The number of hydrogen-bond donors (Lipinski definition) is 1. The van der Waals surface area contributed by atoms with E-state index in [-0.39, 0.29) is 0 Å². The minimum atomic E-state index is 0.339. The van der Waals surface area contributed by atoms with Crippen molar-refractivity contribution in [1.29, 1.82) is 0 Å². The van der Waals surface area contributed by atoms with E-state index in [0.29, 0.717) is 11.7 Å². The van der Waals surface area contributed by atoms with Crippen LogP contribution in [0, 0.1) is 0 Å². The highest BCUT2D eigenvalue weighted by Gasteiger charge is 2.15. The van der Waals surface area contributed by atoms with E-state index in [1.165, 1.54) is 0 Å². The number of para-hydroxylation sites is 2. The number of aromatic amines is 1. The fourth-order valence-corrected chi connectivity index (χ4v) is 3.74. The van der Waals surface area contributed by atoms with Crippen LogP contribution in [0.5, 0.6) is 0 Å². The van der Waals surface area contributed by atoms with Crippen molar-refractivity contribution in [1.82, 2.24) is 35.2 Å². The lowest BCUT2D eigenvalue weighted by Crippen LogP contribution is -2.07. The lowest BCUT2D eigenvalue weighted by molar-refractivity contribution is 0.682. The zero-order valence-electron chi connectivity index (χ0n) is 16.8. The number of benzene rings is 2. The van der Waals surface area contributed by atoms with Crippen molar-refractivity contribution in [2.75, 3.05) is 0 Å². The van der Waals surface area contributed by atoms with E-state index in [1.54, 1.807) is 0 Å². The van der Waals surface area contributed by atoms with Crippen LogP contribution in [0.2, 0.25) is 0 Å². The van der Waals surface area contributed by atoms with Crippen LogP contribution in [0.3, 0.4) is 0 Å². The molecule has 5 rings (SSSR count). The van der Waals surface area contributed by atoms with Gasteiger partial charge < -0.3 is 4.57 Å². The number of aromatic nitrogens is 7. The fourth-order valence-electron chi connectivity index (χ4n) is 3.74. The normalized spacial score (nSPS) is 11.4. The van der Waals surface area contributed by atoms with E-state index < -0.39 is 0 Å². The molecule has 0 spiro atoms. The highest BCUT2D eigenvalue weighted by atomic mass is 15.5. The number of nitrogens with zero attached hydrogens (tertiary/aromatic N) is 6. The Morgan fingerprint density at radius 1 is 0.933 bits per heavy atom. The average molecular weight is 395 g/mol. The highest BCUT2D eigenvalue weighted by Crippen LogP contribution is 2.29. The third-order valence-corrected chi connectivity index (χ3v) is 5.16. The van der Waals surface area contributed by atoms with Crippen LogP contribution < -0.4 is 0 Å². The molecular weight excluding hydrogens is 374 g/mol. The quantitative estimate of drug-likeness (QED) is 0.475. The van der Waals surface area contributed by atoms with Gasteiger partial charge in [0.25, 0.3) is 0 Å². The van der Waals surface area contributed by atoms with Crippen LogP contribution in [0.25, 0.3) is 33.7 Å². The standard InChI is InChI=1S/C23H21N7/c1-15(2)23-25-20-9-5-6-10-21(20)30(23)14-16-11-12-19(24-13-16)17-7-3-4-8-18(17)22-26-28-29-27-22/h3-13,15H,14H2,1-2H3,(H,26,27,28,29). The molecule has 0 saturated heterocycles. The van der Waals surface area contributed by atoms with E-state index in [0.717, 1.165) is 45.8 Å². The summed E-state index contributed by atoms with van der Waals surface area (Å²) in [4.78, 5) is 9.57. The largest absolute Gasteiger partial charge is 0.323 e. The molecule has 3 heterocycles. The molecule has 3 aromatic heterocycles. The first-order valence-electron chi connectivity index (χ1n) is 9.94. The number of tetrazole rings is 1. The van der Waals surface area contributed by atoms with E-state index in [2.05, 4.69) is 63.3 Å². The number of nitrogens with one attached hydrogen (secondary N) is 1. The molecular formula is C23H21N7. The van der Waals surface area contributed by atoms with Gasteiger partial charge in [-0.25, -0.2) is 4.98 Å². The average Bonchev–Trinajstić information content (AvgIpc) is 3.43. The summed E-state index contributed by atoms with van der Waals surface area (Å²) < 4.78 is 2.28. The van der Waals surface area contributed by atoms with Crippen LogP contribution >= 0.6 is 0 Å². The first-order valence-corrected chi connectivity index (χ1v) is 9.94. The van der Waals surface area contributed by atoms with Gasteiger partial charge in [0.1, 0.15) is 5.82 Å². The van der Waals surface area contributed by atoms with E-state index in [9.17, 15) is 0 Å². The van der Waals surface area contributed by atoms with Crippen LogP contribution in [0.15, 0.2) is 66.9 Å². The Hall–Kier alpha value is -3.87. The minimum absolute atomic E-state index is 0.339. The molecule has 7 nitrogen and oxygen atoms in total. The maximum Gasteiger partial charge on any atom is 0.205 e. The minimum Gasteiger partial charge on any atom is -0.323 e. The molecule has 0 aliphatic carbocycles. The predicted molar refractivity (Wildman–Crippen MR) is 116 cm³/mol. The van der Waals surface area contributed by atoms with Crippen molar-refractivity contribution in [2.24, 2.45) is 0 Å². The van der Waals surface area contributed by atoms with Gasteiger partial charge in [-0.3, -0.25) is 4.98 Å². The lowest BCUT2D eigenvalue weighted by Gasteiger charge is -2.12. The molecule has 0 radical (unpaired) electrons. The summed E-state index contributed by atoms with van der Waals surface area (Å²) in [6.07, 6.45) is 1.93. The smallest absolute Gasteiger partial charge is 0.205 e. The monoisotopic (exact) mass is 395 g/mol. The molecule has 2 aromatic carbocycles. The van der Waals surface area contributed by atoms with Gasteiger partial charge in [0.05, 0.1) is 23.3 Å². The van der Waals surface area contributed by atoms with Crippen molar-refractivity contribution in [3.8, 4) is 22.6 Å². The Balaban J connectivity index is 1.50. The predicted octanol–water partition coefficient (Wildman–Crippen LogP) is 4.45. The first kappa shape index (κ1) is 18.2. The summed E-state index contributed by atoms with van der Waals surface area (Å²) >= 11 is 0. The van der Waals surface area contributed by atoms with Crippen molar-refractivity contribution >= 4 is 11.0 Å². The second-order valence-corrected chi connectivity index (χ2v) is 7.53. The topological polar surface area (TPSA) is 85.2 Å². The van der Waals surface area contributed by atoms with Crippen molar-refractivity contribution in [2.45, 2.75) is 26.3 Å². The third kappa shape index (κ3) is 3.24. The van der Waals surface area contributed by atoms with Gasteiger partial charge in [-0.05, 0) is 29.0 Å². The van der Waals surface area contributed by atoms with Crippen LogP contribution in [0.4, 0.5) is 0 Å². The number of H-pyrrole nitrogens is 1. The SMILES string of the molecule is CC(C)c1nc2ccccc2n1Cc1ccc(-c2ccccc2-c2nn[nH]n2)nc1. The third-order valence-electron chi connectivity index (χ3n) is 5.16. The molecule has 0 fully saturated rings. The zero-order valence-corrected chi connectivity index (χ0v) is 16.8. The Kier molecular flexibility index (Phi) is 4.55. The molecule has 0 atom stereocenters. The summed E-state index contributed by atoms with van der Waals surface area (Å²) in [7, 11) is 0. The lowest BCUT2D eigenvalue weighted by atomic mass is 10.0. The number of rotatable bonds is 5. The number of hydrogen-bond acceptors (Lipinski definition) is 5. The molecule has 5 aromatic rings. The summed E-state index contributed by atoms with van der Waals surface area (Å²) in [6.45, 7) is 5.08. The van der Waals surface area contributed by atoms with Crippen molar-refractivity contribution < 1.29 is 0 Å². The Bertz CT molecular complexity index is 1290. The Labute approximate surface area is 173 Å². The van der Waals surface area contributed by atoms with Crippen LogP contribution in [-0.4, -0.2) is 35.2 Å². The second kappa shape index (κ2) is 7.51. The molecule has 30 heavy (non-hydrogen) atoms. The molecule has 1 N–H and O–H groups in total. The number of pyridine rings is 1. The molecule has 0 saturated carbocycles. The molecule has 0 aliphatic rings. The summed E-state index contributed by atoms with van der Waals surface area (Å²) in [5.74, 6) is 1.98. The van der Waals surface area contributed by atoms with Gasteiger partial charge in [0.2, 0.25) is 5.82 Å². The van der Waals surface area contributed by atoms with Crippen LogP contribution in [0.1, 0.15) is 31.2 Å². The fraction of sp³-hybridized carbons (Fsp3) is 0.174. The van der Waals surface area contributed by atoms with Gasteiger partial charge in [-0.1, -0.05) is 56.3 Å². The molecule has 0 unspecified atom stereocenters. The molecule has 0 amide bonds. The van der Waals surface area contributed by atoms with Gasteiger partial charge in [0, 0.05) is 23.2 Å². The first-order chi connectivity index (χ1) is 14.7. The van der Waals surface area contributed by atoms with Gasteiger partial charge >= 0.3 is 0 Å². The van der Waals surface area contributed by atoms with Gasteiger partial charge in [-0.15, -0.1) is 10.2 Å². The molecule has 0 aliphatic heterocycles. The van der Waals surface area contributed by atoms with Crippen molar-refractivity contribution in [3.63, 3.8) is 0 Å². The maximum absolute atomic E-state index is 4.83. The van der Waals surface area contributed by atoms with Gasteiger partial charge in [0.15, 0.2) is 0 Å². The van der Waals surface area contributed by atoms with E-state index >= 15 is 0 Å².